The van der Waals surface area contributed by atoms with Crippen LogP contribution in [0.25, 0.3) is 10.9 Å². The van der Waals surface area contributed by atoms with E-state index in [4.69, 9.17) is 0 Å². The summed E-state index contributed by atoms with van der Waals surface area (Å²) in [5.41, 5.74) is 2.36. The number of aromatic nitrogens is 1. The molecule has 0 bridgehead atoms. The van der Waals surface area contributed by atoms with Crippen LogP contribution in [-0.4, -0.2) is 16.9 Å². The van der Waals surface area contributed by atoms with Crippen molar-refractivity contribution in [2.24, 2.45) is 5.92 Å². The van der Waals surface area contributed by atoms with E-state index in [9.17, 15) is 4.79 Å². The van der Waals surface area contributed by atoms with Crippen LogP contribution in [0.5, 0.6) is 0 Å². The summed E-state index contributed by atoms with van der Waals surface area (Å²) in [6.07, 6.45) is 5.57. The van der Waals surface area contributed by atoms with Gasteiger partial charge in [-0.05, 0) is 30.9 Å². The van der Waals surface area contributed by atoms with E-state index >= 15 is 0 Å². The fourth-order valence-corrected chi connectivity index (χ4v) is 3.03. The molecule has 114 valence electrons. The van der Waals surface area contributed by atoms with Gasteiger partial charge in [0.25, 0.3) is 0 Å². The highest BCUT2D eigenvalue weighted by Crippen LogP contribution is 2.19. The van der Waals surface area contributed by atoms with Crippen LogP contribution in [0, 0.1) is 5.92 Å². The number of rotatable bonds is 7. The predicted octanol–water partition coefficient (Wildman–Crippen LogP) is 4.04. The van der Waals surface area contributed by atoms with Gasteiger partial charge in [-0.2, -0.15) is 0 Å². The lowest BCUT2D eigenvalue weighted by Crippen LogP contribution is -2.37. The topological polar surface area (TPSA) is 44.9 Å². The van der Waals surface area contributed by atoms with Gasteiger partial charge in [0.05, 0.1) is 0 Å². The zero-order valence-corrected chi connectivity index (χ0v) is 13.3. The van der Waals surface area contributed by atoms with Crippen LogP contribution in [-0.2, 0) is 11.2 Å². The minimum Gasteiger partial charge on any atom is -0.361 e. The average Bonchev–Trinajstić information content (AvgIpc) is 2.89. The summed E-state index contributed by atoms with van der Waals surface area (Å²) in [5, 5.41) is 4.36. The molecule has 2 rings (SSSR count). The van der Waals surface area contributed by atoms with Crippen molar-refractivity contribution < 1.29 is 4.79 Å². The van der Waals surface area contributed by atoms with E-state index < -0.39 is 0 Å². The van der Waals surface area contributed by atoms with Crippen LogP contribution in [0.1, 0.15) is 45.6 Å². The minimum absolute atomic E-state index is 0.152. The lowest BCUT2D eigenvalue weighted by molar-refractivity contribution is -0.122. The molecule has 0 radical (unpaired) electrons. The van der Waals surface area contributed by atoms with Crippen molar-refractivity contribution >= 4 is 16.8 Å². The standard InChI is InChI=1S/C18H26N2O/c1-4-14(5-2)13(3)20-18(21)11-10-15-12-19-17-9-7-6-8-16(15)17/h6-9,12-14,19H,4-5,10-11H2,1-3H3,(H,20,21). The molecule has 0 aliphatic rings. The molecule has 21 heavy (non-hydrogen) atoms. The molecular formula is C18H26N2O. The summed E-state index contributed by atoms with van der Waals surface area (Å²) in [5.74, 6) is 0.724. The number of benzene rings is 1. The molecule has 2 N–H and O–H groups in total. The van der Waals surface area contributed by atoms with Crippen LogP contribution in [0.15, 0.2) is 30.5 Å². The van der Waals surface area contributed by atoms with Gasteiger partial charge >= 0.3 is 0 Å². The maximum atomic E-state index is 12.1. The number of fused-ring (bicyclic) bond motifs is 1. The van der Waals surface area contributed by atoms with Crippen LogP contribution in [0.2, 0.25) is 0 Å². The highest BCUT2D eigenvalue weighted by Gasteiger charge is 2.15. The Kier molecular flexibility index (Phi) is 5.43. The maximum absolute atomic E-state index is 12.1. The SMILES string of the molecule is CCC(CC)C(C)NC(=O)CCc1c[nH]c2ccccc12. The van der Waals surface area contributed by atoms with Gasteiger partial charge < -0.3 is 10.3 Å². The number of H-pyrrole nitrogens is 1. The van der Waals surface area contributed by atoms with E-state index in [2.05, 4.69) is 43.2 Å². The molecule has 1 unspecified atom stereocenters. The first kappa shape index (κ1) is 15.6. The molecule has 1 aromatic heterocycles. The number of para-hydroxylation sites is 1. The van der Waals surface area contributed by atoms with E-state index in [0.29, 0.717) is 12.3 Å². The number of nitrogens with one attached hydrogen (secondary N) is 2. The van der Waals surface area contributed by atoms with E-state index in [-0.39, 0.29) is 11.9 Å². The van der Waals surface area contributed by atoms with Gasteiger partial charge in [0.2, 0.25) is 5.91 Å². The Morgan fingerprint density at radius 2 is 1.95 bits per heavy atom. The molecule has 3 heteroatoms. The van der Waals surface area contributed by atoms with Gasteiger partial charge in [-0.3, -0.25) is 4.79 Å². The van der Waals surface area contributed by atoms with Crippen molar-refractivity contribution in [3.05, 3.63) is 36.0 Å². The number of carbonyl (C=O) groups excluding carboxylic acids is 1. The summed E-state index contributed by atoms with van der Waals surface area (Å²) in [4.78, 5) is 15.4. The summed E-state index contributed by atoms with van der Waals surface area (Å²) >= 11 is 0. The molecule has 0 aliphatic carbocycles. The molecule has 1 amide bonds. The van der Waals surface area contributed by atoms with E-state index in [0.717, 1.165) is 24.8 Å². The Morgan fingerprint density at radius 3 is 2.67 bits per heavy atom. The third-order valence-corrected chi connectivity index (χ3v) is 4.44. The van der Waals surface area contributed by atoms with Crippen molar-refractivity contribution in [2.45, 2.75) is 52.5 Å². The third kappa shape index (κ3) is 3.87. The van der Waals surface area contributed by atoms with E-state index in [1.165, 1.54) is 10.9 Å². The Morgan fingerprint density at radius 1 is 1.24 bits per heavy atom. The molecule has 0 aliphatic heterocycles. The van der Waals surface area contributed by atoms with Crippen molar-refractivity contribution in [1.82, 2.24) is 10.3 Å². The highest BCUT2D eigenvalue weighted by molar-refractivity contribution is 5.84. The normalized spacial score (nSPS) is 12.8. The monoisotopic (exact) mass is 286 g/mol. The minimum atomic E-state index is 0.152. The van der Waals surface area contributed by atoms with Crippen molar-refractivity contribution in [2.75, 3.05) is 0 Å². The van der Waals surface area contributed by atoms with Gasteiger partial charge in [0.15, 0.2) is 0 Å². The number of aryl methyl sites for hydroxylation is 1. The van der Waals surface area contributed by atoms with Gasteiger partial charge in [0.1, 0.15) is 0 Å². The third-order valence-electron chi connectivity index (χ3n) is 4.44. The zero-order valence-electron chi connectivity index (χ0n) is 13.3. The maximum Gasteiger partial charge on any atom is 0.220 e. The Bertz CT molecular complexity index is 584. The Balaban J connectivity index is 1.89. The molecule has 1 atom stereocenters. The lowest BCUT2D eigenvalue weighted by atomic mass is 9.95. The number of hydrogen-bond acceptors (Lipinski definition) is 1. The fraction of sp³-hybridized carbons (Fsp3) is 0.500. The Hall–Kier alpha value is -1.77. The first-order valence-corrected chi connectivity index (χ1v) is 8.00. The van der Waals surface area contributed by atoms with Gasteiger partial charge in [-0.1, -0.05) is 44.9 Å². The van der Waals surface area contributed by atoms with Gasteiger partial charge in [-0.25, -0.2) is 0 Å². The zero-order chi connectivity index (χ0) is 15.2. The molecule has 1 aromatic carbocycles. The molecule has 3 nitrogen and oxygen atoms in total. The quantitative estimate of drug-likeness (QED) is 0.792. The first-order valence-electron chi connectivity index (χ1n) is 8.00. The van der Waals surface area contributed by atoms with Crippen molar-refractivity contribution in [3.8, 4) is 0 Å². The van der Waals surface area contributed by atoms with Crippen LogP contribution >= 0.6 is 0 Å². The molecule has 1 heterocycles. The summed E-state index contributed by atoms with van der Waals surface area (Å²) in [6, 6.07) is 8.48. The second-order valence-corrected chi connectivity index (χ2v) is 5.79. The summed E-state index contributed by atoms with van der Waals surface area (Å²) in [6.45, 7) is 6.48. The second-order valence-electron chi connectivity index (χ2n) is 5.79. The predicted molar refractivity (Wildman–Crippen MR) is 88.3 cm³/mol. The molecule has 0 fully saturated rings. The number of carbonyl (C=O) groups is 1. The number of aromatic amines is 1. The average molecular weight is 286 g/mol. The van der Waals surface area contributed by atoms with Crippen molar-refractivity contribution in [3.63, 3.8) is 0 Å². The molecule has 0 spiro atoms. The van der Waals surface area contributed by atoms with Crippen LogP contribution in [0.3, 0.4) is 0 Å². The number of hydrogen-bond donors (Lipinski definition) is 2. The van der Waals surface area contributed by atoms with Gasteiger partial charge in [0, 0.05) is 29.6 Å². The van der Waals surface area contributed by atoms with Crippen LogP contribution < -0.4 is 5.32 Å². The van der Waals surface area contributed by atoms with Crippen molar-refractivity contribution in [1.29, 1.82) is 0 Å². The molecule has 0 saturated carbocycles. The smallest absolute Gasteiger partial charge is 0.220 e. The van der Waals surface area contributed by atoms with Crippen LogP contribution in [0.4, 0.5) is 0 Å². The Labute approximate surface area is 127 Å². The summed E-state index contributed by atoms with van der Waals surface area (Å²) < 4.78 is 0. The number of amides is 1. The summed E-state index contributed by atoms with van der Waals surface area (Å²) in [7, 11) is 0. The molecule has 0 saturated heterocycles. The fourth-order valence-electron chi connectivity index (χ4n) is 3.03. The van der Waals surface area contributed by atoms with Gasteiger partial charge in [-0.15, -0.1) is 0 Å². The molecular weight excluding hydrogens is 260 g/mol. The van der Waals surface area contributed by atoms with E-state index in [1.807, 2.05) is 18.3 Å². The second kappa shape index (κ2) is 7.30. The van der Waals surface area contributed by atoms with E-state index in [1.54, 1.807) is 0 Å². The highest BCUT2D eigenvalue weighted by atomic mass is 16.1. The largest absolute Gasteiger partial charge is 0.361 e. The lowest BCUT2D eigenvalue weighted by Gasteiger charge is -2.22. The molecule has 2 aromatic rings. The first-order chi connectivity index (χ1) is 10.2.